The second-order valence-corrected chi connectivity index (χ2v) is 9.03. The molecule has 3 heterocycles. The number of carbonyl (C=O) groups is 1. The number of amides is 1. The molecule has 0 unspecified atom stereocenters. The van der Waals surface area contributed by atoms with Gasteiger partial charge in [-0.25, -0.2) is 13.8 Å². The summed E-state index contributed by atoms with van der Waals surface area (Å²) in [5.41, 5.74) is 7.37. The van der Waals surface area contributed by atoms with Crippen LogP contribution in [0.3, 0.4) is 0 Å². The Bertz CT molecular complexity index is 1490. The first-order valence-electron chi connectivity index (χ1n) is 12.1. The minimum absolute atomic E-state index is 0.0409. The van der Waals surface area contributed by atoms with Crippen LogP contribution in [0.25, 0.3) is 21.8 Å². The zero-order valence-corrected chi connectivity index (χ0v) is 20.8. The summed E-state index contributed by atoms with van der Waals surface area (Å²) < 4.78 is 39.3. The quantitative estimate of drug-likeness (QED) is 0.402. The Morgan fingerprint density at radius 2 is 1.97 bits per heavy atom. The Labute approximate surface area is 212 Å². The van der Waals surface area contributed by atoms with Crippen molar-refractivity contribution >= 4 is 39.5 Å². The molecule has 1 atom stereocenters. The number of rotatable bonds is 6. The first kappa shape index (κ1) is 24.5. The van der Waals surface area contributed by atoms with E-state index in [1.165, 1.54) is 26.4 Å². The number of hydrogen-bond donors (Lipinski definition) is 2. The Balaban J connectivity index is 1.45. The highest BCUT2D eigenvalue weighted by Crippen LogP contribution is 2.38. The highest BCUT2D eigenvalue weighted by Gasteiger charge is 2.32. The predicted octanol–water partition coefficient (Wildman–Crippen LogP) is 4.12. The fraction of sp³-hybridized carbons (Fsp3) is 0.346. The van der Waals surface area contributed by atoms with Crippen molar-refractivity contribution in [1.29, 1.82) is 0 Å². The third-order valence-electron chi connectivity index (χ3n) is 6.76. The zero-order valence-electron chi connectivity index (χ0n) is 20.8. The Hall–Kier alpha value is -4.15. The summed E-state index contributed by atoms with van der Waals surface area (Å²) in [6, 6.07) is 7.48. The molecule has 0 saturated carbocycles. The lowest BCUT2D eigenvalue weighted by molar-refractivity contribution is 0.0713. The molecule has 11 heteroatoms. The van der Waals surface area contributed by atoms with Crippen molar-refractivity contribution in [1.82, 2.24) is 19.9 Å². The molecule has 37 heavy (non-hydrogen) atoms. The largest absolute Gasteiger partial charge is 0.493 e. The van der Waals surface area contributed by atoms with Gasteiger partial charge < -0.3 is 30.0 Å². The molecular formula is C26H28F2N6O3. The van der Waals surface area contributed by atoms with Gasteiger partial charge in [-0.15, -0.1) is 0 Å². The number of anilines is 2. The highest BCUT2D eigenvalue weighted by atomic mass is 19.1. The van der Waals surface area contributed by atoms with E-state index < -0.39 is 5.82 Å². The maximum Gasteiger partial charge on any atom is 0.270 e. The first-order valence-corrected chi connectivity index (χ1v) is 12.1. The van der Waals surface area contributed by atoms with Crippen LogP contribution in [0, 0.1) is 11.6 Å². The molecule has 9 nitrogen and oxygen atoms in total. The average Bonchev–Trinajstić information content (AvgIpc) is 3.31. The van der Waals surface area contributed by atoms with E-state index in [0.29, 0.717) is 47.6 Å². The second kappa shape index (κ2) is 9.72. The van der Waals surface area contributed by atoms with Crippen molar-refractivity contribution in [3.63, 3.8) is 0 Å². The van der Waals surface area contributed by atoms with Crippen molar-refractivity contribution in [2.45, 2.75) is 25.8 Å². The van der Waals surface area contributed by atoms with Crippen molar-refractivity contribution in [2.75, 3.05) is 44.5 Å². The van der Waals surface area contributed by atoms with Crippen molar-refractivity contribution in [3.8, 4) is 11.5 Å². The molecule has 3 N–H and O–H groups in total. The molecule has 1 fully saturated rings. The summed E-state index contributed by atoms with van der Waals surface area (Å²) in [6.45, 7) is 3.31. The maximum absolute atomic E-state index is 15.3. The number of halogens is 2. The molecule has 0 aliphatic carbocycles. The monoisotopic (exact) mass is 510 g/mol. The summed E-state index contributed by atoms with van der Waals surface area (Å²) in [7, 11) is 2.77. The number of piperazine rings is 1. The topological polar surface area (TPSA) is 110 Å². The van der Waals surface area contributed by atoms with Crippen LogP contribution < -0.4 is 20.1 Å². The van der Waals surface area contributed by atoms with E-state index in [4.69, 9.17) is 15.2 Å². The van der Waals surface area contributed by atoms with E-state index in [1.54, 1.807) is 23.1 Å². The van der Waals surface area contributed by atoms with Gasteiger partial charge >= 0.3 is 0 Å². The normalized spacial score (nSPS) is 16.0. The third-order valence-corrected chi connectivity index (χ3v) is 6.76. The van der Waals surface area contributed by atoms with Gasteiger partial charge in [0.25, 0.3) is 5.91 Å². The molecule has 1 aliphatic heterocycles. The fourth-order valence-electron chi connectivity index (χ4n) is 4.94. The smallest absolute Gasteiger partial charge is 0.270 e. The molecule has 1 aliphatic rings. The molecule has 2 aromatic carbocycles. The summed E-state index contributed by atoms with van der Waals surface area (Å²) in [5.74, 6) is -0.641. The van der Waals surface area contributed by atoms with Crippen molar-refractivity contribution < 1.29 is 23.0 Å². The molecule has 0 spiro atoms. The number of methoxy groups -OCH3 is 2. The van der Waals surface area contributed by atoms with Gasteiger partial charge in [0.2, 0.25) is 5.95 Å². The zero-order chi connectivity index (χ0) is 26.3. The number of fused-ring (bicyclic) bond motifs is 2. The van der Waals surface area contributed by atoms with Gasteiger partial charge in [-0.3, -0.25) is 4.79 Å². The number of nitrogens with zero attached hydrogens (tertiary/aromatic N) is 4. The molecule has 194 valence electrons. The molecule has 4 aromatic rings. The number of nitrogens with two attached hydrogens (primary N) is 1. The molecular weight excluding hydrogens is 482 g/mol. The Morgan fingerprint density at radius 1 is 1.16 bits per heavy atom. The van der Waals surface area contributed by atoms with E-state index in [0.717, 1.165) is 12.8 Å². The lowest BCUT2D eigenvalue weighted by Gasteiger charge is -2.41. The number of H-pyrrole nitrogens is 1. The number of ether oxygens (including phenoxy) is 2. The summed E-state index contributed by atoms with van der Waals surface area (Å²) in [5, 5.41) is 0.969. The van der Waals surface area contributed by atoms with Gasteiger partial charge in [0.15, 0.2) is 17.3 Å². The lowest BCUT2D eigenvalue weighted by atomic mass is 10.1. The van der Waals surface area contributed by atoms with Crippen LogP contribution in [0.1, 0.15) is 30.3 Å². The van der Waals surface area contributed by atoms with E-state index in [1.807, 2.05) is 4.90 Å². The molecule has 1 saturated heterocycles. The third kappa shape index (κ3) is 4.34. The summed E-state index contributed by atoms with van der Waals surface area (Å²) in [4.78, 5) is 29.1. The van der Waals surface area contributed by atoms with Crippen molar-refractivity contribution in [3.05, 3.63) is 47.7 Å². The van der Waals surface area contributed by atoms with Gasteiger partial charge in [0, 0.05) is 42.0 Å². The molecule has 0 bridgehead atoms. The minimum Gasteiger partial charge on any atom is -0.493 e. The van der Waals surface area contributed by atoms with E-state index in [2.05, 4.69) is 21.9 Å². The molecule has 5 rings (SSSR count). The Kier molecular flexibility index (Phi) is 6.45. The minimum atomic E-state index is -0.677. The number of nitrogens with one attached hydrogen (secondary N) is 1. The standard InChI is InChI=1S/C26H28F2N6O3/c1-4-5-16-13-33(25(35)19-11-14-10-15(27)6-7-18(14)30-19)8-9-34(16)26-31-22-17(24(29)32-26)12-20(36-2)23(37-3)21(22)28/h6-7,10-12,16,30H,4-5,8-9,13H2,1-3H3,(H2,29,31,32)/t16-/m0/s1. The number of aromatic amines is 1. The molecule has 2 aromatic heterocycles. The SMILES string of the molecule is CCC[C@H]1CN(C(=O)c2cc3cc(F)ccc3[nH]2)CCN1c1nc(N)c2cc(OC)c(OC)c(F)c2n1. The van der Waals surface area contributed by atoms with Crippen LogP contribution in [0.15, 0.2) is 30.3 Å². The summed E-state index contributed by atoms with van der Waals surface area (Å²) in [6.07, 6.45) is 1.62. The second-order valence-electron chi connectivity index (χ2n) is 9.03. The fourth-order valence-corrected chi connectivity index (χ4v) is 4.94. The van der Waals surface area contributed by atoms with Crippen LogP contribution in [-0.2, 0) is 0 Å². The number of hydrogen-bond acceptors (Lipinski definition) is 7. The van der Waals surface area contributed by atoms with Crippen LogP contribution in [-0.4, -0.2) is 65.7 Å². The first-order chi connectivity index (χ1) is 17.8. The predicted molar refractivity (Wildman–Crippen MR) is 137 cm³/mol. The van der Waals surface area contributed by atoms with Gasteiger partial charge in [-0.1, -0.05) is 13.3 Å². The van der Waals surface area contributed by atoms with Gasteiger partial charge in [0.1, 0.15) is 22.8 Å². The van der Waals surface area contributed by atoms with Gasteiger partial charge in [-0.05, 0) is 36.8 Å². The van der Waals surface area contributed by atoms with Crippen molar-refractivity contribution in [2.24, 2.45) is 0 Å². The average molecular weight is 511 g/mol. The van der Waals surface area contributed by atoms with Crippen LogP contribution >= 0.6 is 0 Å². The van der Waals surface area contributed by atoms with E-state index >= 15 is 4.39 Å². The van der Waals surface area contributed by atoms with E-state index in [-0.39, 0.29) is 40.6 Å². The Morgan fingerprint density at radius 3 is 2.70 bits per heavy atom. The number of benzene rings is 2. The van der Waals surface area contributed by atoms with Crippen LogP contribution in [0.4, 0.5) is 20.5 Å². The van der Waals surface area contributed by atoms with Crippen LogP contribution in [0.5, 0.6) is 11.5 Å². The van der Waals surface area contributed by atoms with Gasteiger partial charge in [-0.2, -0.15) is 4.98 Å². The molecule has 0 radical (unpaired) electrons. The maximum atomic E-state index is 15.3. The van der Waals surface area contributed by atoms with E-state index in [9.17, 15) is 9.18 Å². The lowest BCUT2D eigenvalue weighted by Crippen LogP contribution is -2.55. The van der Waals surface area contributed by atoms with Crippen LogP contribution in [0.2, 0.25) is 0 Å². The number of aromatic nitrogens is 3. The highest BCUT2D eigenvalue weighted by molar-refractivity contribution is 5.98. The number of carbonyl (C=O) groups excluding carboxylic acids is 1. The van der Waals surface area contributed by atoms with Gasteiger partial charge in [0.05, 0.1) is 14.2 Å². The molecule has 1 amide bonds. The number of nitrogen functional groups attached to an aromatic ring is 1. The summed E-state index contributed by atoms with van der Waals surface area (Å²) >= 11 is 0.